The van der Waals surface area contributed by atoms with Crippen LogP contribution in [0.2, 0.25) is 10.0 Å². The van der Waals surface area contributed by atoms with Crippen molar-refractivity contribution in [1.29, 1.82) is 0 Å². The van der Waals surface area contributed by atoms with Crippen molar-refractivity contribution in [1.82, 2.24) is 0 Å². The van der Waals surface area contributed by atoms with Gasteiger partial charge < -0.3 is 5.73 Å². The molecule has 2 aromatic carbocycles. The molecular weight excluding hydrogens is 279 g/mol. The van der Waals surface area contributed by atoms with Crippen LogP contribution < -0.4 is 5.73 Å². The first-order valence-corrected chi connectivity index (χ1v) is 5.90. The minimum absolute atomic E-state index is 0.0409. The Labute approximate surface area is 113 Å². The van der Waals surface area contributed by atoms with Crippen LogP contribution in [0, 0.1) is 11.6 Å². The summed E-state index contributed by atoms with van der Waals surface area (Å²) in [5, 5.41) is 0.215. The van der Waals surface area contributed by atoms with Crippen molar-refractivity contribution in [2.45, 2.75) is 6.04 Å². The van der Waals surface area contributed by atoms with Crippen molar-refractivity contribution >= 4 is 23.2 Å². The van der Waals surface area contributed by atoms with E-state index >= 15 is 0 Å². The summed E-state index contributed by atoms with van der Waals surface area (Å²) in [7, 11) is 0. The minimum atomic E-state index is -0.796. The molecule has 1 nitrogen and oxygen atoms in total. The maximum atomic E-state index is 13.7. The molecule has 0 bridgehead atoms. The molecule has 0 aliphatic heterocycles. The van der Waals surface area contributed by atoms with Gasteiger partial charge in [-0.05, 0) is 29.8 Å². The van der Waals surface area contributed by atoms with Gasteiger partial charge >= 0.3 is 0 Å². The standard InChI is InChI=1S/C13H9Cl2F2N/c14-8-3-1-2-7(4-8)13(18)9-5-12(17)10(15)6-11(9)16/h1-6,13H,18H2. The molecule has 2 aromatic rings. The second kappa shape index (κ2) is 5.22. The summed E-state index contributed by atoms with van der Waals surface area (Å²) in [4.78, 5) is 0. The van der Waals surface area contributed by atoms with Crippen molar-refractivity contribution in [3.8, 4) is 0 Å². The predicted molar refractivity (Wildman–Crippen MR) is 68.9 cm³/mol. The highest BCUT2D eigenvalue weighted by atomic mass is 35.5. The van der Waals surface area contributed by atoms with E-state index in [1.807, 2.05) is 0 Å². The highest BCUT2D eigenvalue weighted by molar-refractivity contribution is 6.31. The molecule has 0 aromatic heterocycles. The molecule has 0 radical (unpaired) electrons. The molecular formula is C13H9Cl2F2N. The molecule has 2 rings (SSSR count). The summed E-state index contributed by atoms with van der Waals surface area (Å²) < 4.78 is 27.0. The van der Waals surface area contributed by atoms with E-state index < -0.39 is 17.7 Å². The number of rotatable bonds is 2. The minimum Gasteiger partial charge on any atom is -0.320 e. The van der Waals surface area contributed by atoms with Crippen LogP contribution >= 0.6 is 23.2 Å². The number of hydrogen-bond donors (Lipinski definition) is 1. The van der Waals surface area contributed by atoms with Crippen molar-refractivity contribution in [2.24, 2.45) is 5.73 Å². The Hall–Kier alpha value is -1.16. The van der Waals surface area contributed by atoms with Gasteiger partial charge in [0.05, 0.1) is 11.1 Å². The molecule has 0 aliphatic rings. The Balaban J connectivity index is 2.46. The van der Waals surface area contributed by atoms with Gasteiger partial charge in [-0.1, -0.05) is 35.3 Å². The van der Waals surface area contributed by atoms with E-state index in [0.717, 1.165) is 12.1 Å². The van der Waals surface area contributed by atoms with Gasteiger partial charge in [0.15, 0.2) is 0 Å². The molecule has 1 unspecified atom stereocenters. The van der Waals surface area contributed by atoms with Gasteiger partial charge in [0.1, 0.15) is 11.6 Å². The Morgan fingerprint density at radius 1 is 1.00 bits per heavy atom. The molecule has 0 fully saturated rings. The fourth-order valence-electron chi connectivity index (χ4n) is 1.66. The molecule has 2 N–H and O–H groups in total. The monoisotopic (exact) mass is 287 g/mol. The second-order valence-electron chi connectivity index (χ2n) is 3.82. The average molecular weight is 288 g/mol. The number of halogens is 4. The maximum Gasteiger partial charge on any atom is 0.142 e. The third-order valence-electron chi connectivity index (χ3n) is 2.58. The summed E-state index contributed by atoms with van der Waals surface area (Å²) in [6.45, 7) is 0. The third kappa shape index (κ3) is 2.64. The fraction of sp³-hybridized carbons (Fsp3) is 0.0769. The normalized spacial score (nSPS) is 12.5. The van der Waals surface area contributed by atoms with Crippen molar-refractivity contribution in [2.75, 3.05) is 0 Å². The Kier molecular flexibility index (Phi) is 3.85. The van der Waals surface area contributed by atoms with Gasteiger partial charge in [-0.2, -0.15) is 0 Å². The first-order valence-electron chi connectivity index (χ1n) is 5.14. The summed E-state index contributed by atoms with van der Waals surface area (Å²) in [5.74, 6) is -1.35. The van der Waals surface area contributed by atoms with Crippen LogP contribution in [-0.4, -0.2) is 0 Å². The van der Waals surface area contributed by atoms with Crippen molar-refractivity contribution in [3.63, 3.8) is 0 Å². The quantitative estimate of drug-likeness (QED) is 0.818. The van der Waals surface area contributed by atoms with Crippen LogP contribution in [-0.2, 0) is 0 Å². The predicted octanol–water partition coefficient (Wildman–Crippen LogP) is 4.32. The zero-order chi connectivity index (χ0) is 13.3. The highest BCUT2D eigenvalue weighted by Crippen LogP contribution is 2.27. The van der Waals surface area contributed by atoms with Crippen molar-refractivity contribution < 1.29 is 8.78 Å². The topological polar surface area (TPSA) is 26.0 Å². The van der Waals surface area contributed by atoms with E-state index in [9.17, 15) is 8.78 Å². The van der Waals surface area contributed by atoms with E-state index in [1.165, 1.54) is 0 Å². The van der Waals surface area contributed by atoms with Crippen LogP contribution in [0.1, 0.15) is 17.2 Å². The highest BCUT2D eigenvalue weighted by Gasteiger charge is 2.16. The number of nitrogens with two attached hydrogens (primary N) is 1. The van der Waals surface area contributed by atoms with E-state index in [2.05, 4.69) is 0 Å². The van der Waals surface area contributed by atoms with E-state index in [0.29, 0.717) is 10.6 Å². The summed E-state index contributed by atoms with van der Waals surface area (Å²) >= 11 is 11.3. The Morgan fingerprint density at radius 3 is 2.39 bits per heavy atom. The SMILES string of the molecule is NC(c1cccc(Cl)c1)c1cc(F)c(Cl)cc1F. The molecule has 1 atom stereocenters. The molecule has 0 saturated carbocycles. The van der Waals surface area contributed by atoms with Gasteiger partial charge in [-0.25, -0.2) is 8.78 Å². The van der Waals surface area contributed by atoms with Crippen LogP contribution in [0.4, 0.5) is 8.78 Å². The van der Waals surface area contributed by atoms with Crippen LogP contribution in [0.15, 0.2) is 36.4 Å². The molecule has 18 heavy (non-hydrogen) atoms. The van der Waals surface area contributed by atoms with E-state index in [1.54, 1.807) is 24.3 Å². The molecule has 0 saturated heterocycles. The summed E-state index contributed by atoms with van der Waals surface area (Å²) in [6, 6.07) is 7.80. The molecule has 0 spiro atoms. The lowest BCUT2D eigenvalue weighted by molar-refractivity contribution is 0.577. The first kappa shape index (κ1) is 13.3. The third-order valence-corrected chi connectivity index (χ3v) is 3.11. The zero-order valence-corrected chi connectivity index (χ0v) is 10.6. The lowest BCUT2D eigenvalue weighted by atomic mass is 9.99. The van der Waals surface area contributed by atoms with Crippen molar-refractivity contribution in [3.05, 3.63) is 69.2 Å². The van der Waals surface area contributed by atoms with Crippen LogP contribution in [0.5, 0.6) is 0 Å². The lowest BCUT2D eigenvalue weighted by Crippen LogP contribution is -2.14. The zero-order valence-electron chi connectivity index (χ0n) is 9.13. The Bertz CT molecular complexity index is 587. The van der Waals surface area contributed by atoms with Gasteiger partial charge in [-0.3, -0.25) is 0 Å². The van der Waals surface area contributed by atoms with E-state index in [4.69, 9.17) is 28.9 Å². The smallest absolute Gasteiger partial charge is 0.142 e. The molecule has 0 aliphatic carbocycles. The second-order valence-corrected chi connectivity index (χ2v) is 4.66. The Morgan fingerprint density at radius 2 is 1.72 bits per heavy atom. The van der Waals surface area contributed by atoms with Gasteiger partial charge in [-0.15, -0.1) is 0 Å². The molecule has 0 heterocycles. The number of hydrogen-bond acceptors (Lipinski definition) is 1. The van der Waals surface area contributed by atoms with Gasteiger partial charge in [0, 0.05) is 10.6 Å². The first-order chi connectivity index (χ1) is 8.49. The number of benzene rings is 2. The maximum absolute atomic E-state index is 13.7. The fourth-order valence-corrected chi connectivity index (χ4v) is 2.00. The largest absolute Gasteiger partial charge is 0.320 e. The summed E-state index contributed by atoms with van der Waals surface area (Å²) in [5.41, 5.74) is 6.54. The van der Waals surface area contributed by atoms with Gasteiger partial charge in [0.2, 0.25) is 0 Å². The molecule has 94 valence electrons. The molecule has 5 heteroatoms. The van der Waals surface area contributed by atoms with E-state index in [-0.39, 0.29) is 10.6 Å². The summed E-state index contributed by atoms with van der Waals surface area (Å²) in [6.07, 6.45) is 0. The van der Waals surface area contributed by atoms with Gasteiger partial charge in [0.25, 0.3) is 0 Å². The van der Waals surface area contributed by atoms with Crippen LogP contribution in [0.3, 0.4) is 0 Å². The lowest BCUT2D eigenvalue weighted by Gasteiger charge is -2.14. The molecule has 0 amide bonds. The average Bonchev–Trinajstić information content (AvgIpc) is 2.33. The van der Waals surface area contributed by atoms with Crippen LogP contribution in [0.25, 0.3) is 0 Å².